The number of amides is 2. The highest BCUT2D eigenvalue weighted by Gasteiger charge is 2.14. The van der Waals surface area contributed by atoms with Gasteiger partial charge in [-0.05, 0) is 49.2 Å². The predicted molar refractivity (Wildman–Crippen MR) is 102 cm³/mol. The van der Waals surface area contributed by atoms with Crippen molar-refractivity contribution in [3.63, 3.8) is 0 Å². The van der Waals surface area contributed by atoms with Gasteiger partial charge in [-0.3, -0.25) is 9.59 Å². The first kappa shape index (κ1) is 18.5. The molecule has 132 valence electrons. The van der Waals surface area contributed by atoms with Crippen LogP contribution in [-0.2, 0) is 0 Å². The molecule has 0 saturated carbocycles. The van der Waals surface area contributed by atoms with Crippen molar-refractivity contribution in [3.8, 4) is 0 Å². The standard InChI is InChI=1S/C20H25N3O2/c1-3-13-23(14-4-2)20(25)15-9-11-16(12-10-15)22-19(24)17-7-5-6-8-18(17)21/h5-12H,3-4,13-14,21H2,1-2H3,(H,22,24). The Hall–Kier alpha value is -2.82. The average molecular weight is 339 g/mol. The molecule has 5 nitrogen and oxygen atoms in total. The molecule has 0 saturated heterocycles. The number of para-hydroxylation sites is 1. The van der Waals surface area contributed by atoms with Gasteiger partial charge < -0.3 is 16.0 Å². The summed E-state index contributed by atoms with van der Waals surface area (Å²) < 4.78 is 0. The van der Waals surface area contributed by atoms with E-state index in [1.807, 2.05) is 4.90 Å². The second kappa shape index (κ2) is 8.87. The Kier molecular flexibility index (Phi) is 6.57. The van der Waals surface area contributed by atoms with E-state index in [0.29, 0.717) is 22.5 Å². The molecule has 0 bridgehead atoms. The fourth-order valence-corrected chi connectivity index (χ4v) is 2.64. The Labute approximate surface area is 148 Å². The Bertz CT molecular complexity index is 720. The van der Waals surface area contributed by atoms with Crippen molar-refractivity contribution in [1.29, 1.82) is 0 Å². The van der Waals surface area contributed by atoms with Crippen LogP contribution < -0.4 is 11.1 Å². The molecule has 5 heteroatoms. The highest BCUT2D eigenvalue weighted by molar-refractivity contribution is 6.07. The van der Waals surface area contributed by atoms with Crippen LogP contribution in [0.1, 0.15) is 47.4 Å². The third-order valence-electron chi connectivity index (χ3n) is 3.87. The van der Waals surface area contributed by atoms with Crippen molar-refractivity contribution < 1.29 is 9.59 Å². The molecular weight excluding hydrogens is 314 g/mol. The number of nitrogens with one attached hydrogen (secondary N) is 1. The van der Waals surface area contributed by atoms with Gasteiger partial charge in [-0.2, -0.15) is 0 Å². The number of hydrogen-bond acceptors (Lipinski definition) is 3. The van der Waals surface area contributed by atoms with E-state index in [9.17, 15) is 9.59 Å². The quantitative estimate of drug-likeness (QED) is 0.754. The van der Waals surface area contributed by atoms with E-state index >= 15 is 0 Å². The zero-order chi connectivity index (χ0) is 18.2. The number of benzene rings is 2. The molecule has 2 amide bonds. The predicted octanol–water partition coefficient (Wildman–Crippen LogP) is 3.78. The van der Waals surface area contributed by atoms with Gasteiger partial charge in [0.05, 0.1) is 5.56 Å². The summed E-state index contributed by atoms with van der Waals surface area (Å²) in [5.41, 5.74) is 7.93. The summed E-state index contributed by atoms with van der Waals surface area (Å²) in [4.78, 5) is 26.7. The van der Waals surface area contributed by atoms with E-state index in [4.69, 9.17) is 5.73 Å². The summed E-state index contributed by atoms with van der Waals surface area (Å²) in [6.45, 7) is 5.62. The molecule has 0 spiro atoms. The van der Waals surface area contributed by atoms with Gasteiger partial charge in [0.25, 0.3) is 11.8 Å². The second-order valence-electron chi connectivity index (χ2n) is 5.91. The Morgan fingerprint density at radius 3 is 2.12 bits per heavy atom. The molecule has 2 rings (SSSR count). The van der Waals surface area contributed by atoms with Gasteiger partial charge in [0.15, 0.2) is 0 Å². The largest absolute Gasteiger partial charge is 0.398 e. The van der Waals surface area contributed by atoms with E-state index in [-0.39, 0.29) is 11.8 Å². The highest BCUT2D eigenvalue weighted by Crippen LogP contribution is 2.16. The van der Waals surface area contributed by atoms with Crippen LogP contribution in [0.5, 0.6) is 0 Å². The topological polar surface area (TPSA) is 75.4 Å². The number of carbonyl (C=O) groups excluding carboxylic acids is 2. The molecule has 0 fully saturated rings. The normalized spacial score (nSPS) is 10.3. The number of nitrogens with zero attached hydrogens (tertiary/aromatic N) is 1. The minimum atomic E-state index is -0.268. The molecule has 0 aliphatic heterocycles. The van der Waals surface area contributed by atoms with Crippen molar-refractivity contribution in [2.75, 3.05) is 24.1 Å². The van der Waals surface area contributed by atoms with Crippen LogP contribution in [0.2, 0.25) is 0 Å². The molecule has 0 heterocycles. The van der Waals surface area contributed by atoms with Crippen molar-refractivity contribution in [1.82, 2.24) is 4.90 Å². The monoisotopic (exact) mass is 339 g/mol. The number of nitrogens with two attached hydrogens (primary N) is 1. The molecule has 0 aliphatic rings. The van der Waals surface area contributed by atoms with Gasteiger partial charge in [0.2, 0.25) is 0 Å². The number of carbonyl (C=O) groups is 2. The smallest absolute Gasteiger partial charge is 0.257 e. The molecule has 0 aromatic heterocycles. The van der Waals surface area contributed by atoms with Crippen LogP contribution in [0.15, 0.2) is 48.5 Å². The first-order valence-electron chi connectivity index (χ1n) is 8.62. The van der Waals surface area contributed by atoms with Gasteiger partial charge in [0.1, 0.15) is 0 Å². The second-order valence-corrected chi connectivity index (χ2v) is 5.91. The highest BCUT2D eigenvalue weighted by atomic mass is 16.2. The third-order valence-corrected chi connectivity index (χ3v) is 3.87. The lowest BCUT2D eigenvalue weighted by molar-refractivity contribution is 0.0755. The Balaban J connectivity index is 2.08. The molecule has 0 unspecified atom stereocenters. The summed E-state index contributed by atoms with van der Waals surface area (Å²) in [5, 5.41) is 2.80. The minimum Gasteiger partial charge on any atom is -0.398 e. The molecule has 25 heavy (non-hydrogen) atoms. The van der Waals surface area contributed by atoms with Crippen LogP contribution in [-0.4, -0.2) is 29.8 Å². The number of rotatable bonds is 7. The molecule has 0 atom stereocenters. The van der Waals surface area contributed by atoms with Crippen molar-refractivity contribution in [2.24, 2.45) is 0 Å². The molecular formula is C20H25N3O2. The lowest BCUT2D eigenvalue weighted by Gasteiger charge is -2.21. The maximum atomic E-state index is 12.5. The van der Waals surface area contributed by atoms with E-state index in [1.54, 1.807) is 48.5 Å². The van der Waals surface area contributed by atoms with Crippen molar-refractivity contribution >= 4 is 23.2 Å². The number of hydrogen-bond donors (Lipinski definition) is 2. The Morgan fingerprint density at radius 1 is 0.960 bits per heavy atom. The van der Waals surface area contributed by atoms with E-state index in [1.165, 1.54) is 0 Å². The molecule has 2 aromatic rings. The van der Waals surface area contributed by atoms with Gasteiger partial charge in [-0.25, -0.2) is 0 Å². The average Bonchev–Trinajstić information content (AvgIpc) is 2.62. The van der Waals surface area contributed by atoms with Gasteiger partial charge in [0, 0.05) is 30.0 Å². The van der Waals surface area contributed by atoms with Crippen LogP contribution >= 0.6 is 0 Å². The van der Waals surface area contributed by atoms with Gasteiger partial charge >= 0.3 is 0 Å². The lowest BCUT2D eigenvalue weighted by atomic mass is 10.1. The maximum Gasteiger partial charge on any atom is 0.257 e. The van der Waals surface area contributed by atoms with Crippen LogP contribution in [0.4, 0.5) is 11.4 Å². The first-order valence-corrected chi connectivity index (χ1v) is 8.62. The summed E-state index contributed by atoms with van der Waals surface area (Å²) >= 11 is 0. The number of nitrogen functional groups attached to an aromatic ring is 1. The lowest BCUT2D eigenvalue weighted by Crippen LogP contribution is -2.32. The van der Waals surface area contributed by atoms with Gasteiger partial charge in [-0.1, -0.05) is 26.0 Å². The fourth-order valence-electron chi connectivity index (χ4n) is 2.64. The summed E-state index contributed by atoms with van der Waals surface area (Å²) in [6.07, 6.45) is 1.86. The molecule has 0 radical (unpaired) electrons. The van der Waals surface area contributed by atoms with E-state index < -0.39 is 0 Å². The van der Waals surface area contributed by atoms with Gasteiger partial charge in [-0.15, -0.1) is 0 Å². The SMILES string of the molecule is CCCN(CCC)C(=O)c1ccc(NC(=O)c2ccccc2N)cc1. The van der Waals surface area contributed by atoms with Crippen molar-refractivity contribution in [2.45, 2.75) is 26.7 Å². The summed E-state index contributed by atoms with van der Waals surface area (Å²) in [6, 6.07) is 13.9. The first-order chi connectivity index (χ1) is 12.1. The van der Waals surface area contributed by atoms with Crippen LogP contribution in [0.3, 0.4) is 0 Å². The summed E-state index contributed by atoms with van der Waals surface area (Å²) in [5.74, 6) is -0.246. The van der Waals surface area contributed by atoms with Crippen LogP contribution in [0.25, 0.3) is 0 Å². The summed E-state index contributed by atoms with van der Waals surface area (Å²) in [7, 11) is 0. The fraction of sp³-hybridized carbons (Fsp3) is 0.300. The van der Waals surface area contributed by atoms with E-state index in [2.05, 4.69) is 19.2 Å². The zero-order valence-electron chi connectivity index (χ0n) is 14.8. The van der Waals surface area contributed by atoms with E-state index in [0.717, 1.165) is 25.9 Å². The minimum absolute atomic E-state index is 0.0221. The molecule has 3 N–H and O–H groups in total. The molecule has 0 aliphatic carbocycles. The maximum absolute atomic E-state index is 12.5. The third kappa shape index (κ3) is 4.83. The molecule has 2 aromatic carbocycles. The number of anilines is 2. The van der Waals surface area contributed by atoms with Crippen molar-refractivity contribution in [3.05, 3.63) is 59.7 Å². The Morgan fingerprint density at radius 2 is 1.56 bits per heavy atom. The van der Waals surface area contributed by atoms with Crippen LogP contribution in [0, 0.1) is 0 Å². The zero-order valence-corrected chi connectivity index (χ0v) is 14.8.